The van der Waals surface area contributed by atoms with Gasteiger partial charge in [-0.15, -0.1) is 0 Å². The van der Waals surface area contributed by atoms with Crippen LogP contribution in [0.4, 0.5) is 11.5 Å². The summed E-state index contributed by atoms with van der Waals surface area (Å²) in [7, 11) is -3.62. The predicted octanol–water partition coefficient (Wildman–Crippen LogP) is 2.27. The molecule has 7 heteroatoms. The van der Waals surface area contributed by atoms with E-state index in [1.54, 1.807) is 18.3 Å². The molecule has 22 heavy (non-hydrogen) atoms. The molecular weight excluding hydrogens is 300 g/mol. The number of sulfonamides is 1. The molecular formula is C15H18N4O2S. The minimum Gasteiger partial charge on any atom is -0.357 e. The Kier molecular flexibility index (Phi) is 4.24. The Morgan fingerprint density at radius 3 is 2.50 bits per heavy atom. The monoisotopic (exact) mass is 318 g/mol. The highest BCUT2D eigenvalue weighted by atomic mass is 32.2. The second-order valence-corrected chi connectivity index (χ2v) is 6.93. The molecule has 3 rings (SSSR count). The number of pyridine rings is 2. The summed E-state index contributed by atoms with van der Waals surface area (Å²) in [6.07, 6.45) is 8.03. The molecule has 1 aliphatic rings. The van der Waals surface area contributed by atoms with Crippen LogP contribution in [-0.2, 0) is 10.0 Å². The number of nitrogens with zero attached hydrogens (tertiary/aromatic N) is 3. The van der Waals surface area contributed by atoms with Gasteiger partial charge in [-0.2, -0.15) is 0 Å². The summed E-state index contributed by atoms with van der Waals surface area (Å²) in [5, 5.41) is 0. The first-order chi connectivity index (χ1) is 10.6. The zero-order chi connectivity index (χ0) is 15.4. The molecule has 0 amide bonds. The molecule has 0 unspecified atom stereocenters. The van der Waals surface area contributed by atoms with Gasteiger partial charge in [-0.3, -0.25) is 9.71 Å². The van der Waals surface area contributed by atoms with E-state index in [9.17, 15) is 8.42 Å². The predicted molar refractivity (Wildman–Crippen MR) is 85.3 cm³/mol. The number of anilines is 2. The van der Waals surface area contributed by atoms with Crippen molar-refractivity contribution in [2.45, 2.75) is 24.2 Å². The van der Waals surface area contributed by atoms with Crippen LogP contribution < -0.4 is 9.62 Å². The second kappa shape index (κ2) is 6.31. The Hall–Kier alpha value is -2.15. The summed E-state index contributed by atoms with van der Waals surface area (Å²) in [5.41, 5.74) is 0.449. The van der Waals surface area contributed by atoms with Crippen LogP contribution in [0, 0.1) is 0 Å². The van der Waals surface area contributed by atoms with E-state index in [1.807, 2.05) is 6.07 Å². The van der Waals surface area contributed by atoms with E-state index >= 15 is 0 Å². The Labute approximate surface area is 130 Å². The summed E-state index contributed by atoms with van der Waals surface area (Å²) >= 11 is 0. The molecule has 0 aliphatic carbocycles. The lowest BCUT2D eigenvalue weighted by atomic mass is 10.1. The molecule has 116 valence electrons. The second-order valence-electron chi connectivity index (χ2n) is 5.25. The number of aromatic nitrogens is 2. The van der Waals surface area contributed by atoms with Gasteiger partial charge in [0.05, 0.1) is 11.9 Å². The fraction of sp³-hybridized carbons (Fsp3) is 0.333. The van der Waals surface area contributed by atoms with E-state index in [1.165, 1.54) is 37.7 Å². The van der Waals surface area contributed by atoms with Crippen LogP contribution >= 0.6 is 0 Å². The lowest BCUT2D eigenvalue weighted by Gasteiger charge is -2.27. The van der Waals surface area contributed by atoms with Crippen LogP contribution in [0.5, 0.6) is 0 Å². The molecule has 1 N–H and O–H groups in total. The number of hydrogen-bond acceptors (Lipinski definition) is 5. The van der Waals surface area contributed by atoms with Crippen LogP contribution in [0.2, 0.25) is 0 Å². The lowest BCUT2D eigenvalue weighted by molar-refractivity contribution is 0.573. The van der Waals surface area contributed by atoms with Crippen molar-refractivity contribution in [2.75, 3.05) is 22.7 Å². The van der Waals surface area contributed by atoms with Crippen molar-refractivity contribution < 1.29 is 8.42 Å². The molecule has 0 atom stereocenters. The van der Waals surface area contributed by atoms with Crippen molar-refractivity contribution in [3.05, 3.63) is 42.9 Å². The van der Waals surface area contributed by atoms with Crippen molar-refractivity contribution >= 4 is 21.5 Å². The maximum absolute atomic E-state index is 12.2. The zero-order valence-corrected chi connectivity index (χ0v) is 13.0. The van der Waals surface area contributed by atoms with Crippen LogP contribution in [0.3, 0.4) is 0 Å². The average Bonchev–Trinajstić information content (AvgIpc) is 2.57. The van der Waals surface area contributed by atoms with Crippen molar-refractivity contribution in [3.63, 3.8) is 0 Å². The van der Waals surface area contributed by atoms with Gasteiger partial charge in [0.25, 0.3) is 10.0 Å². The Morgan fingerprint density at radius 2 is 1.86 bits per heavy atom. The quantitative estimate of drug-likeness (QED) is 0.936. The fourth-order valence-electron chi connectivity index (χ4n) is 2.48. The van der Waals surface area contributed by atoms with E-state index in [0.717, 1.165) is 18.9 Å². The standard InChI is InChI=1S/C15H18N4O2S/c20-22(21,14-5-4-8-16-12-14)18-13-6-7-15(17-11-13)19-9-2-1-3-10-19/h4-8,11-12,18H,1-3,9-10H2. The Balaban J connectivity index is 1.73. The van der Waals surface area contributed by atoms with E-state index in [2.05, 4.69) is 19.6 Å². The van der Waals surface area contributed by atoms with Gasteiger partial charge in [0.1, 0.15) is 10.7 Å². The minimum atomic E-state index is -3.62. The molecule has 0 spiro atoms. The topological polar surface area (TPSA) is 75.2 Å². The number of hydrogen-bond donors (Lipinski definition) is 1. The highest BCUT2D eigenvalue weighted by molar-refractivity contribution is 7.92. The van der Waals surface area contributed by atoms with Gasteiger partial charge in [0.15, 0.2) is 0 Å². The van der Waals surface area contributed by atoms with E-state index in [-0.39, 0.29) is 4.90 Å². The molecule has 1 aliphatic heterocycles. The number of rotatable bonds is 4. The Bertz CT molecular complexity index is 711. The van der Waals surface area contributed by atoms with Gasteiger partial charge in [0, 0.05) is 25.5 Å². The SMILES string of the molecule is O=S(=O)(Nc1ccc(N2CCCCC2)nc1)c1cccnc1. The first kappa shape index (κ1) is 14.8. The van der Waals surface area contributed by atoms with Crippen molar-refractivity contribution in [3.8, 4) is 0 Å². The van der Waals surface area contributed by atoms with Crippen LogP contribution in [0.25, 0.3) is 0 Å². The fourth-order valence-corrected chi connectivity index (χ4v) is 3.48. The molecule has 1 saturated heterocycles. The van der Waals surface area contributed by atoms with Gasteiger partial charge in [-0.25, -0.2) is 13.4 Å². The van der Waals surface area contributed by atoms with Gasteiger partial charge in [-0.05, 0) is 43.5 Å². The molecule has 6 nitrogen and oxygen atoms in total. The Morgan fingerprint density at radius 1 is 1.05 bits per heavy atom. The molecule has 3 heterocycles. The van der Waals surface area contributed by atoms with E-state index in [0.29, 0.717) is 5.69 Å². The first-order valence-electron chi connectivity index (χ1n) is 7.29. The minimum absolute atomic E-state index is 0.134. The lowest BCUT2D eigenvalue weighted by Crippen LogP contribution is -2.30. The third-order valence-electron chi connectivity index (χ3n) is 3.62. The normalized spacial score (nSPS) is 15.5. The van der Waals surface area contributed by atoms with Crippen molar-refractivity contribution in [2.24, 2.45) is 0 Å². The van der Waals surface area contributed by atoms with Gasteiger partial charge in [0.2, 0.25) is 0 Å². The van der Waals surface area contributed by atoms with Gasteiger partial charge < -0.3 is 4.90 Å². The van der Waals surface area contributed by atoms with Crippen LogP contribution in [0.1, 0.15) is 19.3 Å². The summed E-state index contributed by atoms with van der Waals surface area (Å²) in [4.78, 5) is 10.5. The maximum Gasteiger partial charge on any atom is 0.263 e. The molecule has 0 aromatic carbocycles. The highest BCUT2D eigenvalue weighted by Crippen LogP contribution is 2.20. The number of piperidine rings is 1. The highest BCUT2D eigenvalue weighted by Gasteiger charge is 2.15. The first-order valence-corrected chi connectivity index (χ1v) is 8.77. The smallest absolute Gasteiger partial charge is 0.263 e. The maximum atomic E-state index is 12.2. The van der Waals surface area contributed by atoms with Crippen LogP contribution in [-0.4, -0.2) is 31.5 Å². The zero-order valence-electron chi connectivity index (χ0n) is 12.1. The summed E-state index contributed by atoms with van der Waals surface area (Å²) in [6, 6.07) is 6.69. The molecule has 0 bridgehead atoms. The summed E-state index contributed by atoms with van der Waals surface area (Å²) < 4.78 is 26.9. The van der Waals surface area contributed by atoms with E-state index < -0.39 is 10.0 Å². The summed E-state index contributed by atoms with van der Waals surface area (Å²) in [5.74, 6) is 0.893. The summed E-state index contributed by atoms with van der Waals surface area (Å²) in [6.45, 7) is 2.02. The van der Waals surface area contributed by atoms with Gasteiger partial charge in [-0.1, -0.05) is 0 Å². The third kappa shape index (κ3) is 3.36. The molecule has 0 radical (unpaired) electrons. The van der Waals surface area contributed by atoms with E-state index in [4.69, 9.17) is 0 Å². The molecule has 1 fully saturated rings. The average molecular weight is 318 g/mol. The molecule has 2 aromatic rings. The van der Waals surface area contributed by atoms with Gasteiger partial charge >= 0.3 is 0 Å². The number of nitrogens with one attached hydrogen (secondary N) is 1. The van der Waals surface area contributed by atoms with Crippen molar-refractivity contribution in [1.82, 2.24) is 9.97 Å². The largest absolute Gasteiger partial charge is 0.357 e. The van der Waals surface area contributed by atoms with Crippen molar-refractivity contribution in [1.29, 1.82) is 0 Å². The molecule has 2 aromatic heterocycles. The van der Waals surface area contributed by atoms with Crippen LogP contribution in [0.15, 0.2) is 47.8 Å². The molecule has 0 saturated carbocycles. The third-order valence-corrected chi connectivity index (χ3v) is 4.99.